The zero-order valence-electron chi connectivity index (χ0n) is 47.0. The third-order valence-electron chi connectivity index (χ3n) is 12.8. The number of nitrogens with zero attached hydrogens (tertiary/aromatic N) is 10. The predicted molar refractivity (Wildman–Crippen MR) is 326 cm³/mol. The molecule has 25 nitrogen and oxygen atoms in total. The van der Waals surface area contributed by atoms with Crippen LogP contribution in [0.25, 0.3) is 100 Å². The van der Waals surface area contributed by atoms with Crippen molar-refractivity contribution in [1.82, 2.24) is 86.0 Å². The van der Waals surface area contributed by atoms with Gasteiger partial charge in [0.25, 0.3) is 0 Å². The minimum atomic E-state index is -0.329. The van der Waals surface area contributed by atoms with Crippen molar-refractivity contribution < 1.29 is 23.9 Å². The van der Waals surface area contributed by atoms with Gasteiger partial charge in [-0.2, -0.15) is 5.10 Å². The van der Waals surface area contributed by atoms with Crippen LogP contribution in [0.2, 0.25) is 0 Å². The summed E-state index contributed by atoms with van der Waals surface area (Å²) in [6, 6.07) is 29.9. The summed E-state index contributed by atoms with van der Waals surface area (Å²) in [6.07, 6.45) is 13.7. The Morgan fingerprint density at radius 3 is 1.40 bits per heavy atom. The first-order chi connectivity index (χ1) is 41.5. The van der Waals surface area contributed by atoms with Gasteiger partial charge in [-0.1, -0.05) is 18.2 Å². The normalized spacial score (nSPS) is 10.8. The molecule has 0 aliphatic carbocycles. The van der Waals surface area contributed by atoms with Gasteiger partial charge in [-0.05, 0) is 111 Å². The Bertz CT molecular complexity index is 4100. The third-order valence-corrected chi connectivity index (χ3v) is 12.8. The molecule has 12 aromatic rings. The molecule has 0 unspecified atom stereocenters. The number of nitrogens with one attached hydrogen (secondary N) is 10. The maximum absolute atomic E-state index is 11.9. The number of hydrogen-bond donors (Lipinski definition) is 10. The number of hydrogen-bond acceptors (Lipinski definition) is 15. The molecular formula is C60H58N20O5. The number of amides is 6. The summed E-state index contributed by atoms with van der Waals surface area (Å²) in [5.41, 5.74) is 15.7. The molecule has 0 radical (unpaired) electrons. The van der Waals surface area contributed by atoms with Gasteiger partial charge < -0.3 is 40.4 Å². The number of methoxy groups -OCH3 is 2. The predicted octanol–water partition coefficient (Wildman–Crippen LogP) is 10.5. The summed E-state index contributed by atoms with van der Waals surface area (Å²) in [7, 11) is 3.19. The Kier molecular flexibility index (Phi) is 17.5. The van der Waals surface area contributed by atoms with Crippen molar-refractivity contribution in [2.75, 3.05) is 49.8 Å². The fourth-order valence-electron chi connectivity index (χ4n) is 8.99. The lowest BCUT2D eigenvalue weighted by atomic mass is 10.0. The topological polar surface area (TPSA) is 334 Å². The van der Waals surface area contributed by atoms with Crippen LogP contribution < -0.4 is 41.4 Å². The summed E-state index contributed by atoms with van der Waals surface area (Å²) >= 11 is 0. The molecule has 0 saturated heterocycles. The molecule has 6 amide bonds. The molecule has 85 heavy (non-hydrogen) atoms. The van der Waals surface area contributed by atoms with E-state index in [0.29, 0.717) is 65.8 Å². The molecule has 3 aromatic carbocycles. The van der Waals surface area contributed by atoms with Gasteiger partial charge >= 0.3 is 18.1 Å². The molecule has 428 valence electrons. The van der Waals surface area contributed by atoms with Crippen molar-refractivity contribution in [3.63, 3.8) is 0 Å². The summed E-state index contributed by atoms with van der Waals surface area (Å²) in [6.45, 7) is 9.08. The van der Waals surface area contributed by atoms with Crippen molar-refractivity contribution in [2.45, 2.75) is 27.7 Å². The first-order valence-electron chi connectivity index (χ1n) is 26.9. The van der Waals surface area contributed by atoms with Crippen LogP contribution in [-0.4, -0.2) is 122 Å². The van der Waals surface area contributed by atoms with E-state index in [1.54, 1.807) is 63.5 Å². The quantitative estimate of drug-likeness (QED) is 0.0484. The molecule has 10 N–H and O–H groups in total. The minimum absolute atomic E-state index is 0.304. The minimum Gasteiger partial charge on any atom is -0.497 e. The number of H-pyrrole nitrogens is 4. The number of anilines is 3. The lowest BCUT2D eigenvalue weighted by molar-refractivity contribution is 0.251. The van der Waals surface area contributed by atoms with Crippen LogP contribution in [0, 0.1) is 6.92 Å². The first kappa shape index (κ1) is 56.6. The lowest BCUT2D eigenvalue weighted by Crippen LogP contribution is -2.28. The highest BCUT2D eigenvalue weighted by molar-refractivity contribution is 6.01. The number of ether oxygens (including phenoxy) is 2. The highest BCUT2D eigenvalue weighted by Crippen LogP contribution is 2.37. The summed E-state index contributed by atoms with van der Waals surface area (Å²) in [5, 5.41) is 23.5. The van der Waals surface area contributed by atoms with Crippen molar-refractivity contribution >= 4 is 69.0 Å². The van der Waals surface area contributed by atoms with Gasteiger partial charge in [0.1, 0.15) is 17.6 Å². The Balaban J connectivity index is 0.000000142. The lowest BCUT2D eigenvalue weighted by Gasteiger charge is -2.08. The summed E-state index contributed by atoms with van der Waals surface area (Å²) < 4.78 is 10.6. The second-order valence-electron chi connectivity index (χ2n) is 18.7. The van der Waals surface area contributed by atoms with Crippen molar-refractivity contribution in [3.05, 3.63) is 152 Å². The van der Waals surface area contributed by atoms with Gasteiger partial charge in [0.05, 0.1) is 58.9 Å². The summed E-state index contributed by atoms with van der Waals surface area (Å²) in [5.74, 6) is 2.29. The van der Waals surface area contributed by atoms with Gasteiger partial charge in [0.15, 0.2) is 0 Å². The number of carbonyl (C=O) groups is 3. The van der Waals surface area contributed by atoms with E-state index < -0.39 is 0 Å². The number of fused-ring (bicyclic) bond motifs is 3. The maximum atomic E-state index is 11.9. The molecule has 25 heteroatoms. The van der Waals surface area contributed by atoms with E-state index in [4.69, 9.17) is 9.47 Å². The fourth-order valence-corrected chi connectivity index (χ4v) is 8.99. The Morgan fingerprint density at radius 1 is 0.471 bits per heavy atom. The largest absolute Gasteiger partial charge is 0.497 e. The number of imidazole rings is 3. The fraction of sp³-hybridized carbons (Fsp3) is 0.150. The van der Waals surface area contributed by atoms with Crippen LogP contribution in [0.15, 0.2) is 147 Å². The molecule has 0 aliphatic heterocycles. The number of carbonyl (C=O) groups excluding carboxylic acids is 3. The van der Waals surface area contributed by atoms with Crippen LogP contribution >= 0.6 is 0 Å². The van der Waals surface area contributed by atoms with Crippen molar-refractivity contribution in [1.29, 1.82) is 0 Å². The smallest absolute Gasteiger partial charge is 0.321 e. The van der Waals surface area contributed by atoms with Crippen LogP contribution in [0.3, 0.4) is 0 Å². The van der Waals surface area contributed by atoms with E-state index >= 15 is 0 Å². The number of urea groups is 3. The number of aryl methyl sites for hydroxylation is 1. The Morgan fingerprint density at radius 2 is 0.953 bits per heavy atom. The average molecular weight is 1140 g/mol. The maximum Gasteiger partial charge on any atom is 0.321 e. The second kappa shape index (κ2) is 26.3. The van der Waals surface area contributed by atoms with E-state index in [2.05, 4.69) is 102 Å². The van der Waals surface area contributed by atoms with Gasteiger partial charge in [0, 0.05) is 114 Å². The molecule has 0 fully saturated rings. The van der Waals surface area contributed by atoms with Crippen LogP contribution in [0.1, 0.15) is 26.5 Å². The van der Waals surface area contributed by atoms with Crippen LogP contribution in [0.4, 0.5) is 32.2 Å². The molecule has 0 saturated carbocycles. The Hall–Kier alpha value is -11.6. The van der Waals surface area contributed by atoms with E-state index in [-0.39, 0.29) is 18.1 Å². The molecule has 0 spiro atoms. The van der Waals surface area contributed by atoms with E-state index in [1.165, 1.54) is 6.33 Å². The molecule has 0 aliphatic rings. The first-order valence-corrected chi connectivity index (χ1v) is 26.9. The average Bonchev–Trinajstić information content (AvgIpc) is 2.48. The standard InChI is InChI=1S/C21H20N6O2.C20H19N7O2.C19H19N7O/c1-3-23-21(28)27-20-25-18-10-14(13-5-4-7-22-12-13)9-16(19(18)26-20)17-11-15(29-2)6-8-24-17;1-3-23-20(28)27-19-25-16-8-12(13-9-21-11-22-10-13)7-14(18(16)26-19)15-5-4-6-17(24-15)29-2;1-3-21-19(27)24-18-22-16-9-13(12-5-4-6-20-10-12)8-14(17(16)23-18)15-7-11(2)25-26-15/h4-12H,3H2,1-2H3,(H3,23,25,26,27,28);4-11H,3H2,1-2H3,(H3,23,25,26,27,28);4-10H,3H2,1-2H3,(H,25,26)(H3,21,22,23,24,27). The second-order valence-corrected chi connectivity index (χ2v) is 18.7. The zero-order valence-corrected chi connectivity index (χ0v) is 47.0. The molecule has 0 bridgehead atoms. The number of benzene rings is 3. The zero-order chi connectivity index (χ0) is 59.2. The van der Waals surface area contributed by atoms with Crippen molar-refractivity contribution in [3.8, 4) is 78.8 Å². The molecule has 12 rings (SSSR count). The highest BCUT2D eigenvalue weighted by atomic mass is 16.5. The third kappa shape index (κ3) is 13.6. The Labute approximate surface area is 485 Å². The van der Waals surface area contributed by atoms with Crippen LogP contribution in [-0.2, 0) is 0 Å². The summed E-state index contributed by atoms with van der Waals surface area (Å²) in [4.78, 5) is 84.4. The molecule has 0 atom stereocenters. The van der Waals surface area contributed by atoms with Crippen molar-refractivity contribution in [2.24, 2.45) is 0 Å². The number of pyridine rings is 4. The van der Waals surface area contributed by atoms with Gasteiger partial charge in [-0.25, -0.2) is 44.3 Å². The SMILES string of the molecule is CCNC(=O)Nc1nc2c(-c3cc(C)[nH]n3)cc(-c3cccnc3)cc2[nH]1.CCNC(=O)Nc1nc2c(-c3cc(OC)ccn3)cc(-c3cccnc3)cc2[nH]1.CCNC(=O)Nc1nc2c(-c3cccc(OC)n3)cc(-c3cncnc3)cc2[nH]1. The van der Waals surface area contributed by atoms with Gasteiger partial charge in [-0.3, -0.25) is 36.0 Å². The van der Waals surface area contributed by atoms with Gasteiger partial charge in [0.2, 0.25) is 23.7 Å². The highest BCUT2D eigenvalue weighted by Gasteiger charge is 2.19. The van der Waals surface area contributed by atoms with Crippen LogP contribution in [0.5, 0.6) is 11.6 Å². The number of aromatic nitrogens is 14. The number of aromatic amines is 4. The van der Waals surface area contributed by atoms with E-state index in [9.17, 15) is 14.4 Å². The number of rotatable bonds is 14. The molecule has 9 aromatic heterocycles. The van der Waals surface area contributed by atoms with Gasteiger partial charge in [-0.15, -0.1) is 0 Å². The monoisotopic (exact) mass is 1140 g/mol. The van der Waals surface area contributed by atoms with E-state index in [0.717, 1.165) is 89.2 Å². The molecular weight excluding hydrogens is 1080 g/mol. The van der Waals surface area contributed by atoms with E-state index in [1.807, 2.05) is 119 Å². The molecule has 9 heterocycles.